The second kappa shape index (κ2) is 4.82. The van der Waals surface area contributed by atoms with Gasteiger partial charge in [-0.25, -0.2) is 4.98 Å². The zero-order valence-corrected chi connectivity index (χ0v) is 11.4. The Hall–Kier alpha value is -1.19. The Kier molecular flexibility index (Phi) is 3.18. The molecule has 0 spiro atoms. The third-order valence-corrected chi connectivity index (χ3v) is 4.67. The fourth-order valence-corrected chi connectivity index (χ4v) is 3.49. The molecule has 1 aromatic carbocycles. The first-order valence-electron chi connectivity index (χ1n) is 6.48. The van der Waals surface area contributed by atoms with Crippen LogP contribution < -0.4 is 5.73 Å². The van der Waals surface area contributed by atoms with Crippen LogP contribution in [0.5, 0.6) is 0 Å². The predicted molar refractivity (Wildman–Crippen MR) is 75.7 cm³/mol. The van der Waals surface area contributed by atoms with Crippen molar-refractivity contribution in [2.75, 3.05) is 0 Å². The van der Waals surface area contributed by atoms with E-state index in [1.54, 1.807) is 11.3 Å². The van der Waals surface area contributed by atoms with E-state index < -0.39 is 0 Å². The molecule has 2 N–H and O–H groups in total. The largest absolute Gasteiger partial charge is 0.324 e. The lowest BCUT2D eigenvalue weighted by molar-refractivity contribution is 0.374. The van der Waals surface area contributed by atoms with Crippen LogP contribution in [0, 0.1) is 12.8 Å². The molecule has 2 aromatic rings. The summed E-state index contributed by atoms with van der Waals surface area (Å²) in [4.78, 5) is 4.56. The summed E-state index contributed by atoms with van der Waals surface area (Å²) in [5.41, 5.74) is 10.4. The van der Waals surface area contributed by atoms with Gasteiger partial charge in [-0.15, -0.1) is 11.3 Å². The fraction of sp³-hybridized carbons (Fsp3) is 0.400. The molecule has 0 saturated heterocycles. The summed E-state index contributed by atoms with van der Waals surface area (Å²) in [5.74, 6) is 0.529. The lowest BCUT2D eigenvalue weighted by atomic mass is 9.78. The van der Waals surface area contributed by atoms with Gasteiger partial charge in [-0.05, 0) is 43.2 Å². The number of fused-ring (bicyclic) bond motifs is 1. The molecule has 94 valence electrons. The first kappa shape index (κ1) is 11.9. The van der Waals surface area contributed by atoms with Gasteiger partial charge in [0, 0.05) is 11.4 Å². The summed E-state index contributed by atoms with van der Waals surface area (Å²) in [7, 11) is 0. The van der Waals surface area contributed by atoms with Crippen molar-refractivity contribution in [3.05, 3.63) is 51.5 Å². The lowest BCUT2D eigenvalue weighted by Crippen LogP contribution is -2.28. The molecule has 0 fully saturated rings. The van der Waals surface area contributed by atoms with Crippen molar-refractivity contribution < 1.29 is 0 Å². The third-order valence-electron chi connectivity index (χ3n) is 3.84. The van der Waals surface area contributed by atoms with Gasteiger partial charge in [0.05, 0.1) is 10.7 Å². The van der Waals surface area contributed by atoms with Crippen molar-refractivity contribution in [3.8, 4) is 0 Å². The van der Waals surface area contributed by atoms with Crippen LogP contribution >= 0.6 is 11.3 Å². The summed E-state index contributed by atoms with van der Waals surface area (Å²) >= 11 is 1.73. The number of nitrogens with two attached hydrogens (primary N) is 1. The van der Waals surface area contributed by atoms with Crippen molar-refractivity contribution in [2.45, 2.75) is 32.2 Å². The second-order valence-corrected chi connectivity index (χ2v) is 6.15. The molecule has 18 heavy (non-hydrogen) atoms. The molecule has 0 bridgehead atoms. The molecule has 1 aliphatic carbocycles. The van der Waals surface area contributed by atoms with E-state index in [1.807, 2.05) is 0 Å². The zero-order chi connectivity index (χ0) is 12.5. The number of benzene rings is 1. The van der Waals surface area contributed by atoms with E-state index in [1.165, 1.54) is 23.2 Å². The molecule has 1 aliphatic rings. The average molecular weight is 258 g/mol. The molecular weight excluding hydrogens is 240 g/mol. The third kappa shape index (κ3) is 2.20. The van der Waals surface area contributed by atoms with Gasteiger partial charge in [-0.1, -0.05) is 24.3 Å². The van der Waals surface area contributed by atoms with Crippen LogP contribution in [-0.2, 0) is 12.8 Å². The minimum Gasteiger partial charge on any atom is -0.324 e. The van der Waals surface area contributed by atoms with E-state index in [0.29, 0.717) is 5.92 Å². The molecule has 0 aliphatic heterocycles. The van der Waals surface area contributed by atoms with Gasteiger partial charge < -0.3 is 5.73 Å². The molecule has 0 saturated carbocycles. The van der Waals surface area contributed by atoms with Crippen LogP contribution in [0.2, 0.25) is 0 Å². The van der Waals surface area contributed by atoms with Crippen LogP contribution in [0.25, 0.3) is 0 Å². The molecule has 0 radical (unpaired) electrons. The van der Waals surface area contributed by atoms with Gasteiger partial charge in [0.15, 0.2) is 0 Å². The Labute approximate surface area is 112 Å². The maximum Gasteiger partial charge on any atom is 0.0897 e. The highest BCUT2D eigenvalue weighted by molar-refractivity contribution is 7.09. The number of hydrogen-bond acceptors (Lipinski definition) is 3. The van der Waals surface area contributed by atoms with Crippen LogP contribution in [0.4, 0.5) is 0 Å². The normalized spacial score (nSPS) is 22.8. The van der Waals surface area contributed by atoms with Crippen molar-refractivity contribution >= 4 is 11.3 Å². The molecule has 1 heterocycles. The molecule has 3 rings (SSSR count). The van der Waals surface area contributed by atoms with Gasteiger partial charge in [-0.3, -0.25) is 0 Å². The van der Waals surface area contributed by atoms with E-state index in [9.17, 15) is 0 Å². The molecule has 2 unspecified atom stereocenters. The highest BCUT2D eigenvalue weighted by atomic mass is 32.1. The second-order valence-electron chi connectivity index (χ2n) is 5.09. The summed E-state index contributed by atoms with van der Waals surface area (Å²) < 4.78 is 0. The first-order chi connectivity index (χ1) is 8.74. The Morgan fingerprint density at radius 2 is 2.22 bits per heavy atom. The topological polar surface area (TPSA) is 38.9 Å². The van der Waals surface area contributed by atoms with Crippen LogP contribution in [0.1, 0.15) is 34.3 Å². The number of rotatable bonds is 2. The Morgan fingerprint density at radius 3 is 3.00 bits per heavy atom. The summed E-state index contributed by atoms with van der Waals surface area (Å²) in [6, 6.07) is 8.75. The number of aryl methyl sites for hydroxylation is 2. The molecule has 0 amide bonds. The minimum atomic E-state index is 0.164. The van der Waals surface area contributed by atoms with Crippen LogP contribution in [0.15, 0.2) is 29.6 Å². The highest BCUT2D eigenvalue weighted by Gasteiger charge is 2.26. The quantitative estimate of drug-likeness (QED) is 0.898. The Morgan fingerprint density at radius 1 is 1.39 bits per heavy atom. The highest BCUT2D eigenvalue weighted by Crippen LogP contribution is 2.34. The molecule has 2 atom stereocenters. The van der Waals surface area contributed by atoms with E-state index in [0.717, 1.165) is 17.8 Å². The molecule has 3 heteroatoms. The SMILES string of the molecule is Cc1nc(CC2CCc3ccccc3C2N)cs1. The van der Waals surface area contributed by atoms with Crippen molar-refractivity contribution in [1.82, 2.24) is 4.98 Å². The van der Waals surface area contributed by atoms with Gasteiger partial charge >= 0.3 is 0 Å². The molecular formula is C15H18N2S. The van der Waals surface area contributed by atoms with Gasteiger partial charge in [0.1, 0.15) is 0 Å². The number of hydrogen-bond donors (Lipinski definition) is 1. The van der Waals surface area contributed by atoms with E-state index in [4.69, 9.17) is 5.73 Å². The monoisotopic (exact) mass is 258 g/mol. The van der Waals surface area contributed by atoms with E-state index in [2.05, 4.69) is 41.6 Å². The fourth-order valence-electron chi connectivity index (χ4n) is 2.86. The smallest absolute Gasteiger partial charge is 0.0897 e. The zero-order valence-electron chi connectivity index (χ0n) is 10.6. The van der Waals surface area contributed by atoms with Crippen LogP contribution in [-0.4, -0.2) is 4.98 Å². The van der Waals surface area contributed by atoms with Gasteiger partial charge in [0.2, 0.25) is 0 Å². The number of aromatic nitrogens is 1. The molecule has 2 nitrogen and oxygen atoms in total. The Balaban J connectivity index is 1.80. The standard InChI is InChI=1S/C15H18N2S/c1-10-17-13(9-18-10)8-12-7-6-11-4-2-3-5-14(11)15(12)16/h2-5,9,12,15H,6-8,16H2,1H3. The predicted octanol–water partition coefficient (Wildman–Crippen LogP) is 3.26. The number of thiazole rings is 1. The van der Waals surface area contributed by atoms with Gasteiger partial charge in [0.25, 0.3) is 0 Å². The van der Waals surface area contributed by atoms with Gasteiger partial charge in [-0.2, -0.15) is 0 Å². The lowest BCUT2D eigenvalue weighted by Gasteiger charge is -2.30. The number of nitrogens with zero attached hydrogens (tertiary/aromatic N) is 1. The minimum absolute atomic E-state index is 0.164. The van der Waals surface area contributed by atoms with Crippen LogP contribution in [0.3, 0.4) is 0 Å². The summed E-state index contributed by atoms with van der Waals surface area (Å²) in [5, 5.41) is 3.32. The van der Waals surface area contributed by atoms with E-state index >= 15 is 0 Å². The summed E-state index contributed by atoms with van der Waals surface area (Å²) in [6.45, 7) is 2.06. The Bertz CT molecular complexity index is 547. The van der Waals surface area contributed by atoms with Crippen molar-refractivity contribution in [3.63, 3.8) is 0 Å². The maximum atomic E-state index is 6.42. The molecule has 1 aromatic heterocycles. The van der Waals surface area contributed by atoms with E-state index in [-0.39, 0.29) is 6.04 Å². The van der Waals surface area contributed by atoms with Crippen molar-refractivity contribution in [1.29, 1.82) is 0 Å². The first-order valence-corrected chi connectivity index (χ1v) is 7.36. The maximum absolute atomic E-state index is 6.42. The average Bonchev–Trinajstić information content (AvgIpc) is 2.79. The summed E-state index contributed by atoms with van der Waals surface area (Å²) in [6.07, 6.45) is 3.34. The van der Waals surface area contributed by atoms with Crippen molar-refractivity contribution in [2.24, 2.45) is 11.7 Å².